The Bertz CT molecular complexity index is 560. The molecule has 2 heteroatoms. The van der Waals surface area contributed by atoms with Crippen molar-refractivity contribution in [2.45, 2.75) is 47.1 Å². The third-order valence-electron chi connectivity index (χ3n) is 3.67. The van der Waals surface area contributed by atoms with Gasteiger partial charge in [-0.1, -0.05) is 24.6 Å². The number of nitrogens with one attached hydrogen (secondary N) is 1. The Balaban J connectivity index is 2.46. The van der Waals surface area contributed by atoms with Gasteiger partial charge in [0.25, 0.3) is 0 Å². The minimum Gasteiger partial charge on any atom is -0.306 e. The summed E-state index contributed by atoms with van der Waals surface area (Å²) < 4.78 is 0. The summed E-state index contributed by atoms with van der Waals surface area (Å²) in [6, 6.07) is 9.41. The number of aryl methyl sites for hydroxylation is 4. The molecule has 0 aliphatic rings. The summed E-state index contributed by atoms with van der Waals surface area (Å²) in [6.45, 7) is 12.1. The highest BCUT2D eigenvalue weighted by atomic mass is 32.1. The molecule has 0 aliphatic heterocycles. The van der Waals surface area contributed by atoms with Crippen LogP contribution in [0.4, 0.5) is 0 Å². The van der Waals surface area contributed by atoms with Crippen molar-refractivity contribution in [2.75, 3.05) is 6.54 Å². The standard InChI is InChI=1S/C18H25NS/c1-6-9-19-18(16-8-7-15(5)20-16)17-13(3)10-12(2)11-14(17)4/h7-8,10-11,18-19H,6,9H2,1-5H3. The minimum absolute atomic E-state index is 0.328. The monoisotopic (exact) mass is 287 g/mol. The Labute approximate surface area is 127 Å². The largest absolute Gasteiger partial charge is 0.306 e. The van der Waals surface area contributed by atoms with Crippen LogP contribution in [0, 0.1) is 27.7 Å². The summed E-state index contributed by atoms with van der Waals surface area (Å²) in [5.74, 6) is 0. The first-order valence-electron chi connectivity index (χ1n) is 7.40. The summed E-state index contributed by atoms with van der Waals surface area (Å²) >= 11 is 1.90. The molecular formula is C18H25NS. The summed E-state index contributed by atoms with van der Waals surface area (Å²) in [5, 5.41) is 3.73. The second kappa shape index (κ2) is 6.55. The van der Waals surface area contributed by atoms with Gasteiger partial charge in [0.1, 0.15) is 0 Å². The molecule has 0 bridgehead atoms. The lowest BCUT2D eigenvalue weighted by Crippen LogP contribution is -2.24. The van der Waals surface area contributed by atoms with E-state index in [2.05, 4.69) is 64.2 Å². The summed E-state index contributed by atoms with van der Waals surface area (Å²) in [6.07, 6.45) is 1.16. The number of hydrogen-bond acceptors (Lipinski definition) is 2. The van der Waals surface area contributed by atoms with Crippen molar-refractivity contribution in [3.05, 3.63) is 56.3 Å². The first-order chi connectivity index (χ1) is 9.52. The van der Waals surface area contributed by atoms with Gasteiger partial charge in [0.15, 0.2) is 0 Å². The van der Waals surface area contributed by atoms with E-state index in [1.54, 1.807) is 0 Å². The molecular weight excluding hydrogens is 262 g/mol. The Morgan fingerprint density at radius 1 is 1.05 bits per heavy atom. The zero-order chi connectivity index (χ0) is 14.7. The maximum absolute atomic E-state index is 3.73. The van der Waals surface area contributed by atoms with Crippen LogP contribution in [0.2, 0.25) is 0 Å². The van der Waals surface area contributed by atoms with E-state index in [0.29, 0.717) is 6.04 Å². The zero-order valence-electron chi connectivity index (χ0n) is 13.2. The highest BCUT2D eigenvalue weighted by Crippen LogP contribution is 2.32. The molecule has 1 aromatic heterocycles. The van der Waals surface area contributed by atoms with Crippen LogP contribution in [0.1, 0.15) is 51.4 Å². The summed E-state index contributed by atoms with van der Waals surface area (Å²) in [4.78, 5) is 2.80. The van der Waals surface area contributed by atoms with E-state index < -0.39 is 0 Å². The van der Waals surface area contributed by atoms with Gasteiger partial charge in [0.2, 0.25) is 0 Å². The number of hydrogen-bond donors (Lipinski definition) is 1. The summed E-state index contributed by atoms with van der Waals surface area (Å²) in [7, 11) is 0. The quantitative estimate of drug-likeness (QED) is 0.809. The van der Waals surface area contributed by atoms with Gasteiger partial charge in [-0.25, -0.2) is 0 Å². The molecule has 0 radical (unpaired) electrons. The van der Waals surface area contributed by atoms with E-state index >= 15 is 0 Å². The van der Waals surface area contributed by atoms with Gasteiger partial charge in [-0.3, -0.25) is 0 Å². The van der Waals surface area contributed by atoms with Crippen LogP contribution in [0.15, 0.2) is 24.3 Å². The molecule has 0 saturated carbocycles. The number of thiophene rings is 1. The molecule has 0 aliphatic carbocycles. The second-order valence-corrected chi connectivity index (χ2v) is 6.97. The predicted octanol–water partition coefficient (Wildman–Crippen LogP) is 5.07. The van der Waals surface area contributed by atoms with Gasteiger partial charge in [0, 0.05) is 9.75 Å². The van der Waals surface area contributed by atoms with Crippen molar-refractivity contribution in [3.8, 4) is 0 Å². The van der Waals surface area contributed by atoms with Crippen molar-refractivity contribution in [2.24, 2.45) is 0 Å². The lowest BCUT2D eigenvalue weighted by molar-refractivity contribution is 0.601. The van der Waals surface area contributed by atoms with Gasteiger partial charge < -0.3 is 5.32 Å². The Hall–Kier alpha value is -1.12. The minimum atomic E-state index is 0.328. The van der Waals surface area contributed by atoms with E-state index in [1.807, 2.05) is 11.3 Å². The van der Waals surface area contributed by atoms with E-state index in [0.717, 1.165) is 13.0 Å². The average Bonchev–Trinajstić information content (AvgIpc) is 2.78. The van der Waals surface area contributed by atoms with Gasteiger partial charge in [-0.15, -0.1) is 11.3 Å². The Morgan fingerprint density at radius 3 is 2.20 bits per heavy atom. The van der Waals surface area contributed by atoms with Crippen molar-refractivity contribution in [1.29, 1.82) is 0 Å². The molecule has 20 heavy (non-hydrogen) atoms. The number of rotatable bonds is 5. The van der Waals surface area contributed by atoms with E-state index in [4.69, 9.17) is 0 Å². The third-order valence-corrected chi connectivity index (χ3v) is 4.74. The number of benzene rings is 1. The molecule has 0 spiro atoms. The molecule has 2 aromatic rings. The first-order valence-corrected chi connectivity index (χ1v) is 8.22. The van der Waals surface area contributed by atoms with Gasteiger partial charge in [-0.2, -0.15) is 0 Å². The van der Waals surface area contributed by atoms with Gasteiger partial charge in [-0.05, 0) is 69.5 Å². The lowest BCUT2D eigenvalue weighted by atomic mass is 9.93. The molecule has 1 unspecified atom stereocenters. The highest BCUT2D eigenvalue weighted by molar-refractivity contribution is 7.12. The van der Waals surface area contributed by atoms with Crippen LogP contribution in [0.5, 0.6) is 0 Å². The van der Waals surface area contributed by atoms with Gasteiger partial charge >= 0.3 is 0 Å². The van der Waals surface area contributed by atoms with Crippen LogP contribution in [-0.4, -0.2) is 6.54 Å². The molecule has 108 valence electrons. The smallest absolute Gasteiger partial charge is 0.0676 e. The fraction of sp³-hybridized carbons (Fsp3) is 0.444. The molecule has 1 nitrogen and oxygen atoms in total. The molecule has 1 aromatic carbocycles. The summed E-state index contributed by atoms with van der Waals surface area (Å²) in [5.41, 5.74) is 5.58. The third kappa shape index (κ3) is 3.31. The molecule has 2 rings (SSSR count). The molecule has 0 amide bonds. The Kier molecular flexibility index (Phi) is 5.00. The topological polar surface area (TPSA) is 12.0 Å². The van der Waals surface area contributed by atoms with Crippen molar-refractivity contribution in [1.82, 2.24) is 5.32 Å². The van der Waals surface area contributed by atoms with E-state index in [-0.39, 0.29) is 0 Å². The molecule has 0 saturated heterocycles. The molecule has 0 fully saturated rings. The zero-order valence-corrected chi connectivity index (χ0v) is 14.0. The van der Waals surface area contributed by atoms with E-state index in [9.17, 15) is 0 Å². The van der Waals surface area contributed by atoms with Gasteiger partial charge in [0.05, 0.1) is 6.04 Å². The SMILES string of the molecule is CCCNC(c1ccc(C)s1)c1c(C)cc(C)cc1C. The maximum atomic E-state index is 3.73. The highest BCUT2D eigenvalue weighted by Gasteiger charge is 2.19. The maximum Gasteiger partial charge on any atom is 0.0676 e. The normalized spacial score (nSPS) is 12.7. The van der Waals surface area contributed by atoms with Crippen molar-refractivity contribution < 1.29 is 0 Å². The van der Waals surface area contributed by atoms with Crippen LogP contribution >= 0.6 is 11.3 Å². The fourth-order valence-corrected chi connectivity index (χ4v) is 3.85. The first kappa shape index (κ1) is 15.3. The van der Waals surface area contributed by atoms with Crippen LogP contribution in [0.25, 0.3) is 0 Å². The van der Waals surface area contributed by atoms with Crippen LogP contribution in [-0.2, 0) is 0 Å². The second-order valence-electron chi connectivity index (χ2n) is 5.65. The molecule has 1 atom stereocenters. The van der Waals surface area contributed by atoms with Crippen LogP contribution < -0.4 is 5.32 Å². The van der Waals surface area contributed by atoms with Crippen LogP contribution in [0.3, 0.4) is 0 Å². The molecule has 1 N–H and O–H groups in total. The van der Waals surface area contributed by atoms with Crippen molar-refractivity contribution >= 4 is 11.3 Å². The predicted molar refractivity (Wildman–Crippen MR) is 89.8 cm³/mol. The molecule has 1 heterocycles. The van der Waals surface area contributed by atoms with Crippen molar-refractivity contribution in [3.63, 3.8) is 0 Å². The fourth-order valence-electron chi connectivity index (χ4n) is 2.89. The van der Waals surface area contributed by atoms with E-state index in [1.165, 1.54) is 32.0 Å². The average molecular weight is 287 g/mol. The lowest BCUT2D eigenvalue weighted by Gasteiger charge is -2.22. The Morgan fingerprint density at radius 2 is 1.70 bits per heavy atom.